The summed E-state index contributed by atoms with van der Waals surface area (Å²) in [6.45, 7) is 1.16. The minimum atomic E-state index is -3.68. The van der Waals surface area contributed by atoms with E-state index in [0.717, 1.165) is 22.8 Å². The summed E-state index contributed by atoms with van der Waals surface area (Å²) in [6, 6.07) is 6.73. The van der Waals surface area contributed by atoms with Gasteiger partial charge in [-0.3, -0.25) is 4.79 Å². The lowest BCUT2D eigenvalue weighted by atomic mass is 10.2. The first-order valence-electron chi connectivity index (χ1n) is 8.16. The second kappa shape index (κ2) is 8.71. The van der Waals surface area contributed by atoms with Gasteiger partial charge >= 0.3 is 0 Å². The molecule has 0 spiro atoms. The van der Waals surface area contributed by atoms with E-state index < -0.39 is 10.0 Å². The van der Waals surface area contributed by atoms with Gasteiger partial charge in [0.05, 0.1) is 10.0 Å². The highest BCUT2D eigenvalue weighted by Gasteiger charge is 2.32. The van der Waals surface area contributed by atoms with Crippen LogP contribution in [0.2, 0.25) is 10.0 Å². The molecule has 0 saturated carbocycles. The quantitative estimate of drug-likeness (QED) is 0.668. The van der Waals surface area contributed by atoms with Crippen molar-refractivity contribution in [1.29, 1.82) is 0 Å². The minimum absolute atomic E-state index is 0.0773. The Labute approximate surface area is 177 Å². The number of carbonyl (C=O) groups is 1. The van der Waals surface area contributed by atoms with Crippen LogP contribution in [0.5, 0.6) is 0 Å². The molecular weight excluding hydrogens is 447 g/mol. The molecule has 1 aromatic carbocycles. The highest BCUT2D eigenvalue weighted by molar-refractivity contribution is 7.99. The van der Waals surface area contributed by atoms with Crippen molar-refractivity contribution in [3.8, 4) is 0 Å². The van der Waals surface area contributed by atoms with Crippen LogP contribution in [0.1, 0.15) is 15.2 Å². The molecule has 27 heavy (non-hydrogen) atoms. The highest BCUT2D eigenvalue weighted by Crippen LogP contribution is 2.30. The van der Waals surface area contributed by atoms with Gasteiger partial charge in [-0.15, -0.1) is 11.3 Å². The summed E-state index contributed by atoms with van der Waals surface area (Å²) in [5.41, 5.74) is 0.703. The van der Waals surface area contributed by atoms with Crippen LogP contribution in [0.25, 0.3) is 0 Å². The highest BCUT2D eigenvalue weighted by atomic mass is 35.5. The molecular formula is C17H18Cl2N2O3S3. The van der Waals surface area contributed by atoms with Crippen molar-refractivity contribution in [1.82, 2.24) is 9.21 Å². The molecule has 0 bridgehead atoms. The molecule has 1 aromatic heterocycles. The summed E-state index contributed by atoms with van der Waals surface area (Å²) in [4.78, 5) is 14.7. The van der Waals surface area contributed by atoms with E-state index in [4.69, 9.17) is 23.2 Å². The third-order valence-corrected chi connectivity index (χ3v) is 8.97. The van der Waals surface area contributed by atoms with Gasteiger partial charge in [0.15, 0.2) is 0 Å². The molecule has 146 valence electrons. The van der Waals surface area contributed by atoms with Crippen LogP contribution in [0.4, 0.5) is 0 Å². The number of thiophene rings is 1. The summed E-state index contributed by atoms with van der Waals surface area (Å²) in [6.07, 6.45) is 0. The largest absolute Gasteiger partial charge is 0.337 e. The number of nitrogens with zero attached hydrogens (tertiary/aromatic N) is 2. The van der Waals surface area contributed by atoms with Crippen LogP contribution in [0.15, 0.2) is 34.5 Å². The second-order valence-electron chi connectivity index (χ2n) is 6.00. The number of hydrogen-bond acceptors (Lipinski definition) is 5. The Balaban J connectivity index is 1.84. The molecule has 1 saturated heterocycles. The first-order chi connectivity index (χ1) is 12.8. The monoisotopic (exact) mass is 464 g/mol. The van der Waals surface area contributed by atoms with Crippen molar-refractivity contribution < 1.29 is 13.2 Å². The zero-order valence-corrected chi connectivity index (χ0v) is 18.5. The molecule has 2 aromatic rings. The smallest absolute Gasteiger partial charge is 0.265 e. The number of thioether (sulfide) groups is 1. The van der Waals surface area contributed by atoms with Crippen LogP contribution in [-0.4, -0.2) is 55.2 Å². The Kier molecular flexibility index (Phi) is 6.76. The molecule has 0 atom stereocenters. The zero-order chi connectivity index (χ0) is 19.6. The van der Waals surface area contributed by atoms with Crippen molar-refractivity contribution in [2.75, 3.05) is 31.6 Å². The fourth-order valence-corrected chi connectivity index (χ4v) is 7.10. The lowest BCUT2D eigenvalue weighted by Crippen LogP contribution is -2.38. The average molecular weight is 465 g/mol. The van der Waals surface area contributed by atoms with Crippen molar-refractivity contribution in [2.24, 2.45) is 0 Å². The first-order valence-corrected chi connectivity index (χ1v) is 12.4. The lowest BCUT2D eigenvalue weighted by molar-refractivity contribution is 0.0786. The Morgan fingerprint density at radius 1 is 1.22 bits per heavy atom. The summed E-state index contributed by atoms with van der Waals surface area (Å²) in [5, 5.41) is 2.44. The maximum Gasteiger partial charge on any atom is 0.265 e. The van der Waals surface area contributed by atoms with Gasteiger partial charge in [0.25, 0.3) is 5.91 Å². The zero-order valence-electron chi connectivity index (χ0n) is 14.5. The third-order valence-electron chi connectivity index (χ3n) is 4.20. The van der Waals surface area contributed by atoms with E-state index in [9.17, 15) is 13.2 Å². The van der Waals surface area contributed by atoms with Crippen molar-refractivity contribution in [2.45, 2.75) is 11.4 Å². The van der Waals surface area contributed by atoms with E-state index in [1.54, 1.807) is 42.4 Å². The molecule has 0 radical (unpaired) electrons. The number of carbonyl (C=O) groups excluding carboxylic acids is 1. The molecule has 5 nitrogen and oxygen atoms in total. The molecule has 1 aliphatic rings. The number of amides is 1. The normalized spacial score (nSPS) is 15.7. The van der Waals surface area contributed by atoms with E-state index in [0.29, 0.717) is 28.7 Å². The van der Waals surface area contributed by atoms with Crippen LogP contribution in [0.3, 0.4) is 0 Å². The number of hydrogen-bond donors (Lipinski definition) is 0. The second-order valence-corrected chi connectivity index (χ2v) is 10.8. The van der Waals surface area contributed by atoms with Gasteiger partial charge < -0.3 is 4.90 Å². The Morgan fingerprint density at radius 2 is 1.93 bits per heavy atom. The first kappa shape index (κ1) is 21.0. The standard InChI is InChI=1S/C17H18Cl2N2O3S3/c1-20(11-12-3-2-4-13(18)15(12)19)17(22)16-14(5-8-26-16)27(23,24)21-6-9-25-10-7-21/h2-5,8H,6-7,9-11H2,1H3. The molecule has 0 N–H and O–H groups in total. The van der Waals surface area contributed by atoms with Crippen LogP contribution in [0, 0.1) is 0 Å². The maximum absolute atomic E-state index is 13.0. The third kappa shape index (κ3) is 4.46. The lowest BCUT2D eigenvalue weighted by Gasteiger charge is -2.26. The fourth-order valence-electron chi connectivity index (χ4n) is 2.75. The van der Waals surface area contributed by atoms with Gasteiger partial charge in [-0.2, -0.15) is 16.1 Å². The summed E-state index contributed by atoms with van der Waals surface area (Å²) in [5.74, 6) is 1.17. The molecule has 2 heterocycles. The summed E-state index contributed by atoms with van der Waals surface area (Å²) < 4.78 is 27.4. The molecule has 1 amide bonds. The van der Waals surface area contributed by atoms with E-state index in [2.05, 4.69) is 0 Å². The molecule has 10 heteroatoms. The number of benzene rings is 1. The van der Waals surface area contributed by atoms with Crippen LogP contribution < -0.4 is 0 Å². The molecule has 1 aliphatic heterocycles. The van der Waals surface area contributed by atoms with Gasteiger partial charge in [0, 0.05) is 38.2 Å². The minimum Gasteiger partial charge on any atom is -0.337 e. The van der Waals surface area contributed by atoms with E-state index >= 15 is 0 Å². The Morgan fingerprint density at radius 3 is 2.63 bits per heavy atom. The maximum atomic E-state index is 13.0. The number of rotatable bonds is 5. The van der Waals surface area contributed by atoms with Gasteiger partial charge in [0.1, 0.15) is 9.77 Å². The van der Waals surface area contributed by atoms with E-state index in [-0.39, 0.29) is 22.2 Å². The predicted octanol–water partition coefficient (Wildman–Crippen LogP) is 4.06. The molecule has 3 rings (SSSR count). The van der Waals surface area contributed by atoms with Crippen molar-refractivity contribution in [3.63, 3.8) is 0 Å². The van der Waals surface area contributed by atoms with Crippen LogP contribution in [-0.2, 0) is 16.6 Å². The number of halogens is 2. The van der Waals surface area contributed by atoms with E-state index in [1.807, 2.05) is 0 Å². The van der Waals surface area contributed by atoms with Crippen molar-refractivity contribution in [3.05, 3.63) is 50.1 Å². The van der Waals surface area contributed by atoms with Crippen LogP contribution >= 0.6 is 46.3 Å². The predicted molar refractivity (Wildman–Crippen MR) is 113 cm³/mol. The topological polar surface area (TPSA) is 57.7 Å². The summed E-state index contributed by atoms with van der Waals surface area (Å²) in [7, 11) is -2.06. The summed E-state index contributed by atoms with van der Waals surface area (Å²) >= 11 is 15.1. The van der Waals surface area contributed by atoms with Gasteiger partial charge in [0.2, 0.25) is 10.0 Å². The molecule has 1 fully saturated rings. The fraction of sp³-hybridized carbons (Fsp3) is 0.353. The Bertz CT molecular complexity index is 941. The molecule has 0 aliphatic carbocycles. The van der Waals surface area contributed by atoms with Gasteiger partial charge in [-0.25, -0.2) is 8.42 Å². The van der Waals surface area contributed by atoms with E-state index in [1.165, 1.54) is 15.3 Å². The SMILES string of the molecule is CN(Cc1cccc(Cl)c1Cl)C(=O)c1sccc1S(=O)(=O)N1CCSCC1. The van der Waals surface area contributed by atoms with Gasteiger partial charge in [-0.1, -0.05) is 35.3 Å². The molecule has 0 unspecified atom stereocenters. The number of sulfonamides is 1. The Hall–Kier alpha value is -0.770. The average Bonchev–Trinajstić information content (AvgIpc) is 3.16. The van der Waals surface area contributed by atoms with Gasteiger partial charge in [-0.05, 0) is 23.1 Å². The van der Waals surface area contributed by atoms with Crippen molar-refractivity contribution >= 4 is 62.2 Å².